The number of carbonyl (C=O) groups is 2. The fourth-order valence-electron chi connectivity index (χ4n) is 2.14. The number of aliphatic hydroxyl groups is 1. The van der Waals surface area contributed by atoms with Crippen molar-refractivity contribution in [1.29, 1.82) is 0 Å². The Bertz CT molecular complexity index is 287. The number of aliphatic carboxylic acids is 1. The van der Waals surface area contributed by atoms with Crippen LogP contribution in [0.25, 0.3) is 0 Å². The highest BCUT2D eigenvalue weighted by Crippen LogP contribution is 2.35. The van der Waals surface area contributed by atoms with Crippen LogP contribution in [0.1, 0.15) is 40.5 Å². The molecule has 2 unspecified atom stereocenters. The molecule has 0 rings (SSSR count). The lowest BCUT2D eigenvalue weighted by atomic mass is 9.74. The summed E-state index contributed by atoms with van der Waals surface area (Å²) in [5.74, 6) is -2.08. The molecule has 0 amide bonds. The minimum atomic E-state index is -1.55. The molecule has 18 heavy (non-hydrogen) atoms. The topological polar surface area (TPSA) is 83.8 Å². The Kier molecular flexibility index (Phi) is 6.91. The van der Waals surface area contributed by atoms with Crippen molar-refractivity contribution in [1.82, 2.24) is 0 Å². The SMILES string of the molecule is CCOC(=O)C(CC(C)C)(CC(C)CO)C(=O)O. The summed E-state index contributed by atoms with van der Waals surface area (Å²) >= 11 is 0. The first-order valence-corrected chi connectivity index (χ1v) is 6.31. The molecule has 106 valence electrons. The first-order chi connectivity index (χ1) is 8.30. The number of carboxylic acids is 1. The third-order valence-corrected chi connectivity index (χ3v) is 2.84. The average molecular weight is 260 g/mol. The zero-order valence-electron chi connectivity index (χ0n) is 11.6. The smallest absolute Gasteiger partial charge is 0.323 e. The van der Waals surface area contributed by atoms with E-state index in [4.69, 9.17) is 9.84 Å². The molecule has 0 saturated heterocycles. The number of hydrogen-bond acceptors (Lipinski definition) is 4. The van der Waals surface area contributed by atoms with Gasteiger partial charge in [0.2, 0.25) is 0 Å². The van der Waals surface area contributed by atoms with Crippen molar-refractivity contribution >= 4 is 11.9 Å². The van der Waals surface area contributed by atoms with Gasteiger partial charge in [0.1, 0.15) is 0 Å². The molecule has 0 fully saturated rings. The molecule has 0 aliphatic rings. The number of carboxylic acid groups (broad SMARTS) is 1. The molecule has 5 heteroatoms. The van der Waals surface area contributed by atoms with E-state index < -0.39 is 17.4 Å². The predicted octanol–water partition coefficient (Wildman–Crippen LogP) is 1.69. The highest BCUT2D eigenvalue weighted by atomic mass is 16.5. The third-order valence-electron chi connectivity index (χ3n) is 2.84. The molecule has 2 N–H and O–H groups in total. The normalized spacial score (nSPS) is 16.1. The van der Waals surface area contributed by atoms with Gasteiger partial charge in [-0.2, -0.15) is 0 Å². The molecule has 5 nitrogen and oxygen atoms in total. The number of rotatable bonds is 8. The molecule has 0 saturated carbocycles. The summed E-state index contributed by atoms with van der Waals surface area (Å²) in [5, 5.41) is 18.5. The van der Waals surface area contributed by atoms with Crippen LogP contribution in [-0.4, -0.2) is 35.4 Å². The van der Waals surface area contributed by atoms with E-state index in [1.54, 1.807) is 13.8 Å². The summed E-state index contributed by atoms with van der Waals surface area (Å²) in [6.45, 7) is 7.10. The summed E-state index contributed by atoms with van der Waals surface area (Å²) in [6, 6.07) is 0. The van der Waals surface area contributed by atoms with Gasteiger partial charge >= 0.3 is 11.9 Å². The van der Waals surface area contributed by atoms with Crippen molar-refractivity contribution in [3.63, 3.8) is 0 Å². The minimum absolute atomic E-state index is 0.0522. The number of aliphatic hydroxyl groups excluding tert-OH is 1. The quantitative estimate of drug-likeness (QED) is 0.512. The Morgan fingerprint density at radius 3 is 2.11 bits per heavy atom. The molecule has 0 aliphatic heterocycles. The van der Waals surface area contributed by atoms with E-state index in [2.05, 4.69) is 0 Å². The monoisotopic (exact) mass is 260 g/mol. The zero-order valence-corrected chi connectivity index (χ0v) is 11.6. The number of carbonyl (C=O) groups excluding carboxylic acids is 1. The van der Waals surface area contributed by atoms with Crippen molar-refractivity contribution in [2.24, 2.45) is 17.3 Å². The Morgan fingerprint density at radius 2 is 1.78 bits per heavy atom. The van der Waals surface area contributed by atoms with Crippen LogP contribution < -0.4 is 0 Å². The van der Waals surface area contributed by atoms with Crippen LogP contribution in [-0.2, 0) is 14.3 Å². The molecule has 0 aromatic heterocycles. The summed E-state index contributed by atoms with van der Waals surface area (Å²) in [4.78, 5) is 23.6. The second kappa shape index (κ2) is 7.36. The number of esters is 1. The standard InChI is InChI=1S/C13H24O5/c1-5-18-12(17)13(11(15)16,6-9(2)3)7-10(4)8-14/h9-10,14H,5-8H2,1-4H3,(H,15,16). The Labute approximate surface area is 108 Å². The van der Waals surface area contributed by atoms with Gasteiger partial charge in [-0.1, -0.05) is 20.8 Å². The lowest BCUT2D eigenvalue weighted by Crippen LogP contribution is -2.43. The van der Waals surface area contributed by atoms with E-state index in [1.807, 2.05) is 13.8 Å². The molecular weight excluding hydrogens is 236 g/mol. The van der Waals surface area contributed by atoms with Gasteiger partial charge in [-0.3, -0.25) is 9.59 Å². The average Bonchev–Trinajstić information content (AvgIpc) is 2.27. The highest BCUT2D eigenvalue weighted by Gasteiger charge is 2.48. The maximum Gasteiger partial charge on any atom is 0.323 e. The summed E-state index contributed by atoms with van der Waals surface area (Å²) < 4.78 is 4.91. The van der Waals surface area contributed by atoms with Gasteiger partial charge in [-0.05, 0) is 31.6 Å². The molecule has 0 bridgehead atoms. The van der Waals surface area contributed by atoms with Crippen molar-refractivity contribution < 1.29 is 24.5 Å². The second-order valence-corrected chi connectivity index (χ2v) is 5.20. The first-order valence-electron chi connectivity index (χ1n) is 6.31. The van der Waals surface area contributed by atoms with Gasteiger partial charge in [0, 0.05) is 6.61 Å². The summed E-state index contributed by atoms with van der Waals surface area (Å²) in [6.07, 6.45) is 0.307. The van der Waals surface area contributed by atoms with Gasteiger partial charge in [-0.15, -0.1) is 0 Å². The van der Waals surface area contributed by atoms with Crippen LogP contribution in [0, 0.1) is 17.3 Å². The van der Waals surface area contributed by atoms with Gasteiger partial charge in [-0.25, -0.2) is 0 Å². The predicted molar refractivity (Wildman–Crippen MR) is 67.0 cm³/mol. The van der Waals surface area contributed by atoms with Gasteiger partial charge in [0.05, 0.1) is 6.61 Å². The fraction of sp³-hybridized carbons (Fsp3) is 0.846. The molecule has 0 radical (unpaired) electrons. The highest BCUT2D eigenvalue weighted by molar-refractivity contribution is 5.99. The largest absolute Gasteiger partial charge is 0.480 e. The first kappa shape index (κ1) is 16.9. The maximum absolute atomic E-state index is 12.0. The maximum atomic E-state index is 12.0. The van der Waals surface area contributed by atoms with Crippen LogP contribution in [0.3, 0.4) is 0 Å². The van der Waals surface area contributed by atoms with E-state index in [9.17, 15) is 14.7 Å². The van der Waals surface area contributed by atoms with Gasteiger partial charge in [0.25, 0.3) is 0 Å². The van der Waals surface area contributed by atoms with Gasteiger partial charge in [0.15, 0.2) is 5.41 Å². The number of hydrogen-bond donors (Lipinski definition) is 2. The van der Waals surface area contributed by atoms with Crippen LogP contribution in [0.2, 0.25) is 0 Å². The molecule has 0 spiro atoms. The van der Waals surface area contributed by atoms with Crippen molar-refractivity contribution in [3.05, 3.63) is 0 Å². The molecule has 0 heterocycles. The number of ether oxygens (including phenoxy) is 1. The second-order valence-electron chi connectivity index (χ2n) is 5.20. The molecule has 2 atom stereocenters. The minimum Gasteiger partial charge on any atom is -0.480 e. The molecule has 0 aliphatic carbocycles. The van der Waals surface area contributed by atoms with Crippen molar-refractivity contribution in [3.8, 4) is 0 Å². The van der Waals surface area contributed by atoms with Crippen molar-refractivity contribution in [2.45, 2.75) is 40.5 Å². The van der Waals surface area contributed by atoms with Crippen LogP contribution in [0.15, 0.2) is 0 Å². The van der Waals surface area contributed by atoms with E-state index in [0.717, 1.165) is 0 Å². The summed E-state index contributed by atoms with van der Waals surface area (Å²) in [5.41, 5.74) is -1.55. The molecule has 0 aromatic carbocycles. The Balaban J connectivity index is 5.27. The lowest BCUT2D eigenvalue weighted by molar-refractivity contribution is -0.171. The Hall–Kier alpha value is -1.10. The third kappa shape index (κ3) is 4.29. The van der Waals surface area contributed by atoms with E-state index in [1.165, 1.54) is 0 Å². The van der Waals surface area contributed by atoms with Crippen LogP contribution >= 0.6 is 0 Å². The molecule has 0 aromatic rings. The van der Waals surface area contributed by atoms with E-state index in [0.29, 0.717) is 0 Å². The van der Waals surface area contributed by atoms with Crippen LogP contribution in [0.5, 0.6) is 0 Å². The van der Waals surface area contributed by atoms with Crippen molar-refractivity contribution in [2.75, 3.05) is 13.2 Å². The fourth-order valence-corrected chi connectivity index (χ4v) is 2.14. The Morgan fingerprint density at radius 1 is 1.22 bits per heavy atom. The van der Waals surface area contributed by atoms with E-state index in [-0.39, 0.29) is 37.9 Å². The lowest BCUT2D eigenvalue weighted by Gasteiger charge is -2.30. The summed E-state index contributed by atoms with van der Waals surface area (Å²) in [7, 11) is 0. The van der Waals surface area contributed by atoms with Gasteiger partial charge < -0.3 is 14.9 Å². The zero-order chi connectivity index (χ0) is 14.3. The molecular formula is C13H24O5. The van der Waals surface area contributed by atoms with E-state index >= 15 is 0 Å². The van der Waals surface area contributed by atoms with Crippen LogP contribution in [0.4, 0.5) is 0 Å².